The molecule has 1 aromatic rings. The molecule has 1 N–H and O–H groups in total. The Labute approximate surface area is 156 Å². The summed E-state index contributed by atoms with van der Waals surface area (Å²) in [5, 5.41) is 2.82. The van der Waals surface area contributed by atoms with Gasteiger partial charge < -0.3 is 10.2 Å². The van der Waals surface area contributed by atoms with Crippen LogP contribution in [0.3, 0.4) is 0 Å². The van der Waals surface area contributed by atoms with Gasteiger partial charge in [0.05, 0.1) is 11.6 Å². The number of piperidine rings is 1. The van der Waals surface area contributed by atoms with Crippen molar-refractivity contribution in [3.05, 3.63) is 48.0 Å². The molecule has 2 unspecified atom stereocenters. The van der Waals surface area contributed by atoms with E-state index in [9.17, 15) is 22.8 Å². The minimum absolute atomic E-state index is 0.0977. The monoisotopic (exact) mass is 383 g/mol. The topological polar surface area (TPSA) is 52.7 Å². The Morgan fingerprint density at radius 2 is 1.93 bits per heavy atom. The number of nitrogens with one attached hydrogen (secondary N) is 1. The highest BCUT2D eigenvalue weighted by atomic mass is 19.4. The first-order valence-corrected chi connectivity index (χ1v) is 8.66. The Morgan fingerprint density at radius 3 is 2.44 bits per heavy atom. The molecule has 1 aromatic carbocycles. The molecular weight excluding hydrogens is 359 g/mol. The van der Waals surface area contributed by atoms with Crippen LogP contribution in [-0.2, 0) is 22.3 Å². The number of rotatable bonds is 5. The van der Waals surface area contributed by atoms with Crippen molar-refractivity contribution in [3.8, 4) is 0 Å². The van der Waals surface area contributed by atoms with Gasteiger partial charge in [0.2, 0.25) is 11.8 Å². The van der Waals surface area contributed by atoms with Crippen LogP contribution in [0, 0.1) is 0 Å². The summed E-state index contributed by atoms with van der Waals surface area (Å²) in [7, 11) is 3.31. The number of nitrogens with zero attached hydrogens (tertiary/aromatic N) is 2. The van der Waals surface area contributed by atoms with Crippen LogP contribution in [0.4, 0.5) is 13.2 Å². The second-order valence-corrected chi connectivity index (χ2v) is 6.85. The third-order valence-electron chi connectivity index (χ3n) is 4.64. The highest BCUT2D eigenvalue weighted by Gasteiger charge is 2.35. The summed E-state index contributed by atoms with van der Waals surface area (Å²) >= 11 is 0. The molecule has 8 heteroatoms. The number of amides is 2. The van der Waals surface area contributed by atoms with Gasteiger partial charge in [-0.15, -0.1) is 0 Å². The van der Waals surface area contributed by atoms with Crippen LogP contribution in [0.15, 0.2) is 36.9 Å². The van der Waals surface area contributed by atoms with Gasteiger partial charge in [0, 0.05) is 33.2 Å². The number of halogens is 3. The molecule has 0 bridgehead atoms. The van der Waals surface area contributed by atoms with Crippen molar-refractivity contribution < 1.29 is 22.8 Å². The third-order valence-corrected chi connectivity index (χ3v) is 4.64. The van der Waals surface area contributed by atoms with Crippen LogP contribution >= 0.6 is 0 Å². The Kier molecular flexibility index (Phi) is 6.64. The lowest BCUT2D eigenvalue weighted by molar-refractivity contribution is -0.137. The van der Waals surface area contributed by atoms with E-state index < -0.39 is 17.8 Å². The molecule has 1 aliphatic heterocycles. The lowest BCUT2D eigenvalue weighted by Crippen LogP contribution is -2.54. The molecule has 1 aliphatic rings. The Bertz CT molecular complexity index is 686. The van der Waals surface area contributed by atoms with Gasteiger partial charge in [0.15, 0.2) is 0 Å². The van der Waals surface area contributed by atoms with E-state index in [2.05, 4.69) is 11.9 Å². The quantitative estimate of drug-likeness (QED) is 0.795. The number of likely N-dealkylation sites (tertiary alicyclic amines) is 1. The average molecular weight is 383 g/mol. The van der Waals surface area contributed by atoms with Gasteiger partial charge in [-0.3, -0.25) is 14.5 Å². The minimum atomic E-state index is -4.37. The molecule has 0 aromatic heterocycles. The highest BCUT2D eigenvalue weighted by Crippen LogP contribution is 2.29. The van der Waals surface area contributed by atoms with E-state index in [4.69, 9.17) is 0 Å². The van der Waals surface area contributed by atoms with Crippen molar-refractivity contribution in [2.24, 2.45) is 0 Å². The van der Waals surface area contributed by atoms with Gasteiger partial charge in [-0.2, -0.15) is 13.2 Å². The van der Waals surface area contributed by atoms with Crippen molar-refractivity contribution >= 4 is 11.8 Å². The molecular formula is C19H24F3N3O2. The van der Waals surface area contributed by atoms with Crippen LogP contribution in [-0.4, -0.2) is 54.3 Å². The summed E-state index contributed by atoms with van der Waals surface area (Å²) in [6.45, 7) is 4.34. The molecule has 2 rings (SSSR count). The fourth-order valence-corrected chi connectivity index (χ4v) is 3.18. The Morgan fingerprint density at radius 1 is 1.30 bits per heavy atom. The van der Waals surface area contributed by atoms with Crippen LogP contribution < -0.4 is 5.32 Å². The molecule has 1 heterocycles. The van der Waals surface area contributed by atoms with E-state index in [-0.39, 0.29) is 17.9 Å². The molecule has 1 fully saturated rings. The van der Waals surface area contributed by atoms with Crippen molar-refractivity contribution in [1.82, 2.24) is 15.1 Å². The van der Waals surface area contributed by atoms with Crippen LogP contribution in [0.2, 0.25) is 0 Å². The van der Waals surface area contributed by atoms with Crippen LogP contribution in [0.5, 0.6) is 0 Å². The van der Waals surface area contributed by atoms with Crippen molar-refractivity contribution in [2.75, 3.05) is 20.6 Å². The molecule has 0 radical (unpaired) electrons. The smallest absolute Gasteiger partial charge is 0.350 e. The summed E-state index contributed by atoms with van der Waals surface area (Å²) in [5.74, 6) is -0.383. The second-order valence-electron chi connectivity index (χ2n) is 6.85. The summed E-state index contributed by atoms with van der Waals surface area (Å²) < 4.78 is 38.1. The first-order chi connectivity index (χ1) is 12.6. The summed E-state index contributed by atoms with van der Waals surface area (Å²) in [6, 6.07) is 4.38. The van der Waals surface area contributed by atoms with Gasteiger partial charge in [-0.25, -0.2) is 0 Å². The molecule has 27 heavy (non-hydrogen) atoms. The van der Waals surface area contributed by atoms with Crippen molar-refractivity contribution in [3.63, 3.8) is 0 Å². The lowest BCUT2D eigenvalue weighted by atomic mass is 9.95. The lowest BCUT2D eigenvalue weighted by Gasteiger charge is -2.39. The molecule has 2 atom stereocenters. The Hall–Kier alpha value is -2.35. The van der Waals surface area contributed by atoms with Gasteiger partial charge in [0.1, 0.15) is 0 Å². The summed E-state index contributed by atoms with van der Waals surface area (Å²) in [4.78, 5) is 27.6. The fraction of sp³-hybridized carbons (Fsp3) is 0.474. The maximum absolute atomic E-state index is 12.7. The first kappa shape index (κ1) is 21.0. The number of hydrogen-bond donors (Lipinski definition) is 1. The number of likely N-dealkylation sites (N-methyl/N-ethyl adjacent to an activating group) is 1. The molecule has 5 nitrogen and oxygen atoms in total. The van der Waals surface area contributed by atoms with E-state index in [0.29, 0.717) is 31.5 Å². The molecule has 0 aliphatic carbocycles. The van der Waals surface area contributed by atoms with E-state index in [0.717, 1.165) is 12.1 Å². The second kappa shape index (κ2) is 8.56. The zero-order valence-corrected chi connectivity index (χ0v) is 15.4. The normalized spacial score (nSPS) is 20.8. The van der Waals surface area contributed by atoms with Gasteiger partial charge in [-0.1, -0.05) is 18.7 Å². The predicted octanol–water partition coefficient (Wildman–Crippen LogP) is 2.43. The maximum Gasteiger partial charge on any atom is 0.416 e. The minimum Gasteiger partial charge on any atom is -0.350 e. The largest absolute Gasteiger partial charge is 0.416 e. The molecule has 0 saturated carbocycles. The predicted molar refractivity (Wildman–Crippen MR) is 95.7 cm³/mol. The Balaban J connectivity index is 2.12. The third kappa shape index (κ3) is 5.56. The van der Waals surface area contributed by atoms with E-state index in [1.165, 1.54) is 23.1 Å². The van der Waals surface area contributed by atoms with E-state index >= 15 is 0 Å². The summed E-state index contributed by atoms with van der Waals surface area (Å²) in [6.07, 6.45) is -2.09. The first-order valence-electron chi connectivity index (χ1n) is 8.66. The fourth-order valence-electron chi connectivity index (χ4n) is 3.18. The number of benzene rings is 1. The highest BCUT2D eigenvalue weighted by molar-refractivity contribution is 5.87. The van der Waals surface area contributed by atoms with Crippen LogP contribution in [0.25, 0.3) is 0 Å². The van der Waals surface area contributed by atoms with Gasteiger partial charge in [0.25, 0.3) is 0 Å². The van der Waals surface area contributed by atoms with Crippen LogP contribution in [0.1, 0.15) is 24.0 Å². The van der Waals surface area contributed by atoms with E-state index in [1.54, 1.807) is 14.1 Å². The number of carbonyl (C=O) groups excluding carboxylic acids is 2. The van der Waals surface area contributed by atoms with Gasteiger partial charge >= 0.3 is 6.18 Å². The van der Waals surface area contributed by atoms with Gasteiger partial charge in [-0.05, 0) is 36.6 Å². The summed E-state index contributed by atoms with van der Waals surface area (Å²) in [5.41, 5.74) is 0.00569. The number of alkyl halides is 3. The van der Waals surface area contributed by atoms with Crippen molar-refractivity contribution in [1.29, 1.82) is 0 Å². The standard InChI is InChI=1S/C19H24F3N3O2/c1-4-17(26)23-15-9-10-25(16(11-15)18(27)24(2)3)12-13-5-7-14(8-6-13)19(20,21)22/h4-8,15-16H,1,9-12H2,2-3H3,(H,23,26). The zero-order valence-electron chi connectivity index (χ0n) is 15.4. The maximum atomic E-state index is 12.7. The SMILES string of the molecule is C=CC(=O)NC1CCN(Cc2ccc(C(F)(F)F)cc2)C(C(=O)N(C)C)C1. The number of hydrogen-bond acceptors (Lipinski definition) is 3. The average Bonchev–Trinajstić information content (AvgIpc) is 2.61. The zero-order chi connectivity index (χ0) is 20.2. The van der Waals surface area contributed by atoms with Crippen molar-refractivity contribution in [2.45, 2.75) is 37.6 Å². The molecule has 2 amide bonds. The molecule has 148 valence electrons. The molecule has 0 spiro atoms. The number of carbonyl (C=O) groups is 2. The molecule has 1 saturated heterocycles. The van der Waals surface area contributed by atoms with E-state index in [1.807, 2.05) is 4.90 Å².